The number of aromatic amines is 2. The van der Waals surface area contributed by atoms with Crippen LogP contribution in [0.5, 0.6) is 0 Å². The van der Waals surface area contributed by atoms with Gasteiger partial charge in [-0.05, 0) is 70.8 Å². The summed E-state index contributed by atoms with van der Waals surface area (Å²) < 4.78 is 0. The summed E-state index contributed by atoms with van der Waals surface area (Å²) in [6.45, 7) is 0. The van der Waals surface area contributed by atoms with E-state index in [0.717, 1.165) is 89.4 Å². The Hall–Kier alpha value is -6.78. The van der Waals surface area contributed by atoms with Gasteiger partial charge in [0.05, 0.1) is 22.8 Å². The molecule has 2 aliphatic rings. The molecule has 0 radical (unpaired) electrons. The summed E-state index contributed by atoms with van der Waals surface area (Å²) in [5, 5.41) is 0. The van der Waals surface area contributed by atoms with E-state index >= 15 is 0 Å². The number of nitrogens with one attached hydrogen (secondary N) is 2. The third-order valence-corrected chi connectivity index (χ3v) is 9.22. The quantitative estimate of drug-likeness (QED) is 0.197. The third-order valence-electron chi connectivity index (χ3n) is 9.22. The molecule has 0 atom stereocenters. The number of aromatic nitrogens is 4. The summed E-state index contributed by atoms with van der Waals surface area (Å²) in [5.41, 5.74) is 16.0. The maximum absolute atomic E-state index is 5.35. The molecule has 50 heavy (non-hydrogen) atoms. The number of benzene rings is 4. The minimum Gasteiger partial charge on any atom is -0.354 e. The van der Waals surface area contributed by atoms with Gasteiger partial charge in [0.2, 0.25) is 0 Å². The molecule has 9 rings (SSSR count). The first-order valence-corrected chi connectivity index (χ1v) is 16.8. The van der Waals surface area contributed by atoms with E-state index in [1.54, 1.807) is 0 Å². The Labute approximate surface area is 290 Å². The van der Waals surface area contributed by atoms with Gasteiger partial charge in [-0.1, -0.05) is 133 Å². The summed E-state index contributed by atoms with van der Waals surface area (Å²) in [4.78, 5) is 18.3. The molecule has 0 unspecified atom stereocenters. The van der Waals surface area contributed by atoms with Crippen LogP contribution in [-0.4, -0.2) is 19.9 Å². The lowest BCUT2D eigenvalue weighted by molar-refractivity contribution is 1.30. The number of H-pyrrole nitrogens is 2. The number of rotatable bonds is 5. The summed E-state index contributed by atoms with van der Waals surface area (Å²) in [5.74, 6) is 0. The van der Waals surface area contributed by atoms with Crippen LogP contribution in [0.25, 0.3) is 91.9 Å². The molecule has 0 fully saturated rings. The molecule has 4 heteroatoms. The molecule has 4 aromatic carbocycles. The average Bonchev–Trinajstić information content (AvgIpc) is 4.01. The Morgan fingerprint density at radius 2 is 0.700 bits per heavy atom. The highest BCUT2D eigenvalue weighted by atomic mass is 14.8. The topological polar surface area (TPSA) is 57.4 Å². The molecule has 8 bridgehead atoms. The van der Waals surface area contributed by atoms with Crippen molar-refractivity contribution in [2.75, 3.05) is 0 Å². The predicted octanol–water partition coefficient (Wildman–Crippen LogP) is 11.8. The monoisotopic (exact) mass is 640 g/mol. The van der Waals surface area contributed by atoms with Gasteiger partial charge in [0.1, 0.15) is 0 Å². The highest BCUT2D eigenvalue weighted by Gasteiger charge is 2.17. The van der Waals surface area contributed by atoms with Crippen LogP contribution in [0.1, 0.15) is 33.9 Å². The molecule has 0 saturated heterocycles. The molecule has 236 valence electrons. The predicted molar refractivity (Wildman–Crippen MR) is 211 cm³/mol. The molecule has 0 aliphatic carbocycles. The molecule has 2 aliphatic heterocycles. The van der Waals surface area contributed by atoms with E-state index in [0.29, 0.717) is 0 Å². The third kappa shape index (κ3) is 5.49. The highest BCUT2D eigenvalue weighted by Crippen LogP contribution is 2.36. The second-order valence-corrected chi connectivity index (χ2v) is 12.4. The Morgan fingerprint density at radius 3 is 1.16 bits per heavy atom. The number of hydrogen-bond donors (Lipinski definition) is 2. The van der Waals surface area contributed by atoms with E-state index in [-0.39, 0.29) is 0 Å². The molecule has 3 aromatic heterocycles. The Balaban J connectivity index is 1.44. The van der Waals surface area contributed by atoms with Gasteiger partial charge >= 0.3 is 0 Å². The summed E-state index contributed by atoms with van der Waals surface area (Å²) in [6, 6.07) is 50.5. The fourth-order valence-corrected chi connectivity index (χ4v) is 6.87. The number of nitrogens with zero attached hydrogens (tertiary/aromatic N) is 2. The number of hydrogen-bond acceptors (Lipinski definition) is 2. The second kappa shape index (κ2) is 12.7. The summed E-state index contributed by atoms with van der Waals surface area (Å²) >= 11 is 0. The van der Waals surface area contributed by atoms with Gasteiger partial charge in [-0.3, -0.25) is 0 Å². The number of fused-ring (bicyclic) bond motifs is 8. The fraction of sp³-hybridized carbons (Fsp3) is 0. The van der Waals surface area contributed by atoms with Crippen LogP contribution >= 0.6 is 0 Å². The smallest absolute Gasteiger partial charge is 0.0737 e. The summed E-state index contributed by atoms with van der Waals surface area (Å²) in [6.07, 6.45) is 12.8. The zero-order chi connectivity index (χ0) is 33.3. The Kier molecular flexibility index (Phi) is 7.45. The van der Waals surface area contributed by atoms with Crippen molar-refractivity contribution in [3.8, 4) is 33.4 Å². The van der Waals surface area contributed by atoms with Gasteiger partial charge in [-0.2, -0.15) is 0 Å². The van der Waals surface area contributed by atoms with Gasteiger partial charge in [-0.25, -0.2) is 9.97 Å². The normalized spacial score (nSPS) is 12.2. The van der Waals surface area contributed by atoms with E-state index in [2.05, 4.69) is 168 Å². The molecule has 2 N–H and O–H groups in total. The zero-order valence-corrected chi connectivity index (χ0v) is 27.2. The SMILES string of the molecule is C1=Cc2nc1c(/C=C/c1ccccc1)c1ccc([nH]1)c(-c1ccccc1)c1nc(c(-c3ccccc3)c3ccc([nH]3)c2-c2ccccc2)C=C1. The van der Waals surface area contributed by atoms with Gasteiger partial charge in [0.15, 0.2) is 0 Å². The molecule has 4 nitrogen and oxygen atoms in total. The van der Waals surface area contributed by atoms with Crippen molar-refractivity contribution in [1.82, 2.24) is 19.9 Å². The maximum atomic E-state index is 5.35. The lowest BCUT2D eigenvalue weighted by Crippen LogP contribution is -1.89. The van der Waals surface area contributed by atoms with Crippen LogP contribution in [0.15, 0.2) is 146 Å². The van der Waals surface area contributed by atoms with Crippen LogP contribution in [0.4, 0.5) is 0 Å². The molecule has 0 amide bonds. The van der Waals surface area contributed by atoms with Gasteiger partial charge in [-0.15, -0.1) is 0 Å². The highest BCUT2D eigenvalue weighted by molar-refractivity contribution is 5.98. The zero-order valence-electron chi connectivity index (χ0n) is 27.2. The van der Waals surface area contributed by atoms with Crippen molar-refractivity contribution in [3.05, 3.63) is 179 Å². The minimum atomic E-state index is 0.888. The van der Waals surface area contributed by atoms with Gasteiger partial charge < -0.3 is 9.97 Å². The van der Waals surface area contributed by atoms with E-state index < -0.39 is 0 Å². The maximum Gasteiger partial charge on any atom is 0.0737 e. The molecule has 0 spiro atoms. The molecule has 5 heterocycles. The lowest BCUT2D eigenvalue weighted by atomic mass is 10.0. The van der Waals surface area contributed by atoms with E-state index in [4.69, 9.17) is 9.97 Å². The van der Waals surface area contributed by atoms with Crippen LogP contribution in [-0.2, 0) is 0 Å². The molecule has 0 saturated carbocycles. The van der Waals surface area contributed by atoms with Crippen LogP contribution in [0, 0.1) is 0 Å². The Morgan fingerprint density at radius 1 is 0.340 bits per heavy atom. The fourth-order valence-electron chi connectivity index (χ4n) is 6.87. The van der Waals surface area contributed by atoms with Gasteiger partial charge in [0, 0.05) is 44.3 Å². The van der Waals surface area contributed by atoms with E-state index in [1.165, 1.54) is 0 Å². The Bertz CT molecular complexity index is 2570. The standard InChI is InChI=1S/C46H32N4/c1-5-13-31(14-6-1)21-22-35-36-23-25-38(47-36)44(32-15-7-2-8-16-32)40-27-29-42(49-40)46(34-19-11-4-12-20-34)43-30-28-41(50-43)45(33-17-9-3-10-18-33)39-26-24-37(35)48-39/h1-30,47,50H/b22-21+,36-35?,37-35?,44-38?,44-40?,45-39?,45-41?,46-42?,46-43?. The van der Waals surface area contributed by atoms with E-state index in [1.807, 2.05) is 24.3 Å². The van der Waals surface area contributed by atoms with Gasteiger partial charge in [0.25, 0.3) is 0 Å². The van der Waals surface area contributed by atoms with Crippen molar-refractivity contribution >= 4 is 58.5 Å². The van der Waals surface area contributed by atoms with Crippen molar-refractivity contribution in [3.63, 3.8) is 0 Å². The second-order valence-electron chi connectivity index (χ2n) is 12.4. The summed E-state index contributed by atoms with van der Waals surface area (Å²) in [7, 11) is 0. The van der Waals surface area contributed by atoms with Crippen molar-refractivity contribution < 1.29 is 0 Å². The molecule has 7 aromatic rings. The lowest BCUT2D eigenvalue weighted by Gasteiger charge is -2.06. The van der Waals surface area contributed by atoms with Crippen molar-refractivity contribution in [2.24, 2.45) is 0 Å². The van der Waals surface area contributed by atoms with E-state index in [9.17, 15) is 0 Å². The average molecular weight is 641 g/mol. The molecular formula is C46H32N4. The first-order valence-electron chi connectivity index (χ1n) is 16.8. The van der Waals surface area contributed by atoms with Crippen molar-refractivity contribution in [1.29, 1.82) is 0 Å². The van der Waals surface area contributed by atoms with Crippen molar-refractivity contribution in [2.45, 2.75) is 0 Å². The minimum absolute atomic E-state index is 0.888. The first kappa shape index (κ1) is 29.4. The largest absolute Gasteiger partial charge is 0.354 e. The van der Waals surface area contributed by atoms with Crippen LogP contribution < -0.4 is 0 Å². The van der Waals surface area contributed by atoms with Crippen LogP contribution in [0.3, 0.4) is 0 Å². The first-order chi connectivity index (χ1) is 24.8. The van der Waals surface area contributed by atoms with Crippen LogP contribution in [0.2, 0.25) is 0 Å². The molecular weight excluding hydrogens is 609 g/mol.